The lowest BCUT2D eigenvalue weighted by Gasteiger charge is -2.09. The lowest BCUT2D eigenvalue weighted by atomic mass is 10.2. The van der Waals surface area contributed by atoms with Crippen LogP contribution >= 0.6 is 23.8 Å². The fourth-order valence-electron chi connectivity index (χ4n) is 1.71. The summed E-state index contributed by atoms with van der Waals surface area (Å²) in [6, 6.07) is 15.7. The first kappa shape index (κ1) is 17.7. The Kier molecular flexibility index (Phi) is 6.48. The molecule has 0 atom stereocenters. The number of amides is 2. The van der Waals surface area contributed by atoms with E-state index in [0.29, 0.717) is 10.6 Å². The second-order valence-corrected chi connectivity index (χ2v) is 5.49. The highest BCUT2D eigenvalue weighted by atomic mass is 35.5. The molecule has 0 spiro atoms. The van der Waals surface area contributed by atoms with Crippen LogP contribution < -0.4 is 16.2 Å². The predicted molar refractivity (Wildman–Crippen MR) is 98.3 cm³/mol. The highest BCUT2D eigenvalue weighted by Gasteiger charge is 2.06. The minimum absolute atomic E-state index is 0.0139. The summed E-state index contributed by atoms with van der Waals surface area (Å²) < 4.78 is 0. The Bertz CT molecular complexity index is 761. The van der Waals surface area contributed by atoms with Crippen LogP contribution in [0, 0.1) is 0 Å². The average molecular weight is 360 g/mol. The largest absolute Gasteiger partial charge is 0.298 e. The van der Waals surface area contributed by atoms with Crippen LogP contribution in [-0.2, 0) is 4.79 Å². The number of hydrogen-bond donors (Lipinski definition) is 3. The Morgan fingerprint density at radius 2 is 1.62 bits per heavy atom. The molecule has 2 aromatic rings. The summed E-state index contributed by atoms with van der Waals surface area (Å²) in [5.41, 5.74) is 6.14. The van der Waals surface area contributed by atoms with E-state index in [-0.39, 0.29) is 5.11 Å². The lowest BCUT2D eigenvalue weighted by Crippen LogP contribution is -2.48. The highest BCUT2D eigenvalue weighted by Crippen LogP contribution is 2.08. The van der Waals surface area contributed by atoms with Crippen LogP contribution in [0.1, 0.15) is 15.9 Å². The first-order chi connectivity index (χ1) is 11.5. The third kappa shape index (κ3) is 5.83. The van der Waals surface area contributed by atoms with Gasteiger partial charge in [0.2, 0.25) is 5.91 Å². The fourth-order valence-corrected chi connectivity index (χ4v) is 1.99. The van der Waals surface area contributed by atoms with Crippen molar-refractivity contribution in [3.63, 3.8) is 0 Å². The van der Waals surface area contributed by atoms with E-state index in [1.54, 1.807) is 30.3 Å². The standard InChI is InChI=1S/C17H14ClN3O2S/c18-14-9-7-13(8-10-14)16(23)20-21-17(24)19-15(22)11-6-12-4-2-1-3-5-12/h1-11H,(H,20,23)(H2,19,21,22,24)/b11-6+. The van der Waals surface area contributed by atoms with Gasteiger partial charge in [-0.1, -0.05) is 41.9 Å². The van der Waals surface area contributed by atoms with Crippen LogP contribution in [0.4, 0.5) is 0 Å². The molecule has 0 radical (unpaired) electrons. The minimum atomic E-state index is -0.405. The Labute approximate surface area is 149 Å². The Hall–Kier alpha value is -2.70. The average Bonchev–Trinajstić information content (AvgIpc) is 2.59. The molecule has 2 aromatic carbocycles. The highest BCUT2D eigenvalue weighted by molar-refractivity contribution is 7.80. The molecule has 0 aromatic heterocycles. The summed E-state index contributed by atoms with van der Waals surface area (Å²) in [5, 5.41) is 2.95. The molecule has 2 rings (SSSR count). The van der Waals surface area contributed by atoms with E-state index in [2.05, 4.69) is 16.2 Å². The molecule has 122 valence electrons. The van der Waals surface area contributed by atoms with E-state index < -0.39 is 11.8 Å². The first-order valence-electron chi connectivity index (χ1n) is 6.94. The van der Waals surface area contributed by atoms with Gasteiger partial charge in [0.05, 0.1) is 0 Å². The molecule has 0 unspecified atom stereocenters. The third-order valence-corrected chi connectivity index (χ3v) is 3.32. The normalized spacial score (nSPS) is 10.2. The van der Waals surface area contributed by atoms with Crippen molar-refractivity contribution in [2.45, 2.75) is 0 Å². The number of thiocarbonyl (C=S) groups is 1. The van der Waals surface area contributed by atoms with E-state index >= 15 is 0 Å². The van der Waals surface area contributed by atoms with Crippen LogP contribution in [0.2, 0.25) is 5.02 Å². The zero-order valence-electron chi connectivity index (χ0n) is 12.5. The zero-order chi connectivity index (χ0) is 17.4. The number of rotatable bonds is 3. The summed E-state index contributed by atoms with van der Waals surface area (Å²) in [6.07, 6.45) is 3.01. The third-order valence-electron chi connectivity index (χ3n) is 2.86. The van der Waals surface area contributed by atoms with Gasteiger partial charge in [0.1, 0.15) is 0 Å². The van der Waals surface area contributed by atoms with Gasteiger partial charge in [-0.25, -0.2) is 0 Å². The van der Waals surface area contributed by atoms with Gasteiger partial charge in [0.25, 0.3) is 5.91 Å². The SMILES string of the molecule is O=C(/C=C/c1ccccc1)NC(=S)NNC(=O)c1ccc(Cl)cc1. The van der Waals surface area contributed by atoms with Crippen LogP contribution in [0.5, 0.6) is 0 Å². The van der Waals surface area contributed by atoms with Crippen molar-refractivity contribution in [1.29, 1.82) is 0 Å². The maximum atomic E-state index is 11.9. The van der Waals surface area contributed by atoms with Crippen molar-refractivity contribution >= 4 is 46.8 Å². The predicted octanol–water partition coefficient (Wildman–Crippen LogP) is 2.69. The molecule has 0 saturated carbocycles. The van der Waals surface area contributed by atoms with E-state index in [0.717, 1.165) is 5.56 Å². The molecule has 3 N–H and O–H groups in total. The minimum Gasteiger partial charge on any atom is -0.298 e. The van der Waals surface area contributed by atoms with Gasteiger partial charge in [-0.3, -0.25) is 25.8 Å². The molecule has 0 fully saturated rings. The smallest absolute Gasteiger partial charge is 0.269 e. The van der Waals surface area contributed by atoms with Crippen molar-refractivity contribution in [1.82, 2.24) is 16.2 Å². The van der Waals surface area contributed by atoms with Gasteiger partial charge < -0.3 is 0 Å². The number of nitrogens with one attached hydrogen (secondary N) is 3. The zero-order valence-corrected chi connectivity index (χ0v) is 14.0. The Balaban J connectivity index is 1.78. The monoisotopic (exact) mass is 359 g/mol. The van der Waals surface area contributed by atoms with Gasteiger partial charge in [-0.05, 0) is 48.1 Å². The molecule has 0 bridgehead atoms. The summed E-state index contributed by atoms with van der Waals surface area (Å²) in [6.45, 7) is 0. The second-order valence-electron chi connectivity index (χ2n) is 4.65. The van der Waals surface area contributed by atoms with E-state index in [4.69, 9.17) is 23.8 Å². The Morgan fingerprint density at radius 3 is 2.29 bits per heavy atom. The van der Waals surface area contributed by atoms with E-state index in [9.17, 15) is 9.59 Å². The van der Waals surface area contributed by atoms with Gasteiger partial charge in [0.15, 0.2) is 5.11 Å². The molecule has 0 aliphatic rings. The number of halogens is 1. The number of hydrogen-bond acceptors (Lipinski definition) is 3. The number of carbonyl (C=O) groups excluding carboxylic acids is 2. The molecule has 0 saturated heterocycles. The van der Waals surface area contributed by atoms with Crippen molar-refractivity contribution in [3.8, 4) is 0 Å². The molecule has 7 heteroatoms. The molecule has 0 aliphatic carbocycles. The van der Waals surface area contributed by atoms with Crippen LogP contribution in [0.25, 0.3) is 6.08 Å². The van der Waals surface area contributed by atoms with Crippen LogP contribution in [0.15, 0.2) is 60.7 Å². The van der Waals surface area contributed by atoms with Crippen molar-refractivity contribution in [2.24, 2.45) is 0 Å². The van der Waals surface area contributed by atoms with Crippen molar-refractivity contribution < 1.29 is 9.59 Å². The lowest BCUT2D eigenvalue weighted by molar-refractivity contribution is -0.115. The second kappa shape index (κ2) is 8.81. The van der Waals surface area contributed by atoms with Gasteiger partial charge in [-0.15, -0.1) is 0 Å². The Morgan fingerprint density at radius 1 is 0.958 bits per heavy atom. The topological polar surface area (TPSA) is 70.2 Å². The number of carbonyl (C=O) groups is 2. The number of benzene rings is 2. The van der Waals surface area contributed by atoms with Crippen molar-refractivity contribution in [3.05, 3.63) is 76.8 Å². The summed E-state index contributed by atoms with van der Waals surface area (Å²) in [7, 11) is 0. The molecule has 0 aliphatic heterocycles. The molecule has 24 heavy (non-hydrogen) atoms. The van der Waals surface area contributed by atoms with Crippen LogP contribution in [-0.4, -0.2) is 16.9 Å². The van der Waals surface area contributed by atoms with Gasteiger partial charge in [0, 0.05) is 16.7 Å². The summed E-state index contributed by atoms with van der Waals surface area (Å²) >= 11 is 10.7. The molecule has 0 heterocycles. The van der Waals surface area contributed by atoms with E-state index in [1.165, 1.54) is 6.08 Å². The molecular weight excluding hydrogens is 346 g/mol. The van der Waals surface area contributed by atoms with Gasteiger partial charge in [-0.2, -0.15) is 0 Å². The van der Waals surface area contributed by atoms with E-state index in [1.807, 2.05) is 30.3 Å². The van der Waals surface area contributed by atoms with Crippen LogP contribution in [0.3, 0.4) is 0 Å². The quantitative estimate of drug-likeness (QED) is 0.447. The number of hydrazine groups is 1. The van der Waals surface area contributed by atoms with Gasteiger partial charge >= 0.3 is 0 Å². The maximum Gasteiger partial charge on any atom is 0.269 e. The first-order valence-corrected chi connectivity index (χ1v) is 7.73. The summed E-state index contributed by atoms with van der Waals surface area (Å²) in [5.74, 6) is -0.805. The summed E-state index contributed by atoms with van der Waals surface area (Å²) in [4.78, 5) is 23.6. The fraction of sp³-hybridized carbons (Fsp3) is 0. The molecular formula is C17H14ClN3O2S. The molecule has 2 amide bonds. The van der Waals surface area contributed by atoms with Crippen molar-refractivity contribution in [2.75, 3.05) is 0 Å². The maximum absolute atomic E-state index is 11.9. The molecule has 5 nitrogen and oxygen atoms in total.